The average molecular weight is 265 g/mol. The molecule has 0 radical (unpaired) electrons. The van der Waals surface area contributed by atoms with Gasteiger partial charge in [-0.05, 0) is 0 Å². The standard InChI is InChI=1S/C10H19NO7/c12-5-6(13)7(14)8(15)9(16)10(17)11-1-3-18-4-2-11/h6-8,10,12-15,17H,1-5H2. The largest absolute Gasteiger partial charge is 0.394 e. The second kappa shape index (κ2) is 7.10. The Labute approximate surface area is 104 Å². The molecule has 0 saturated carbocycles. The van der Waals surface area contributed by atoms with Crippen LogP contribution in [0.1, 0.15) is 0 Å². The summed E-state index contributed by atoms with van der Waals surface area (Å²) in [5, 5.41) is 46.3. The number of carbonyl (C=O) groups is 1. The van der Waals surface area contributed by atoms with Crippen molar-refractivity contribution in [2.45, 2.75) is 24.5 Å². The zero-order valence-corrected chi connectivity index (χ0v) is 9.84. The third-order valence-electron chi connectivity index (χ3n) is 2.84. The third-order valence-corrected chi connectivity index (χ3v) is 2.84. The molecule has 0 aliphatic carbocycles. The first-order chi connectivity index (χ1) is 8.49. The lowest BCUT2D eigenvalue weighted by atomic mass is 10.0. The van der Waals surface area contributed by atoms with Crippen molar-refractivity contribution in [2.75, 3.05) is 32.9 Å². The molecule has 8 heteroatoms. The number of hydrogen-bond acceptors (Lipinski definition) is 8. The van der Waals surface area contributed by atoms with Crippen molar-refractivity contribution in [1.29, 1.82) is 0 Å². The van der Waals surface area contributed by atoms with Crippen LogP contribution in [0, 0.1) is 0 Å². The van der Waals surface area contributed by atoms with Gasteiger partial charge in [0.15, 0.2) is 6.23 Å². The maximum absolute atomic E-state index is 11.7. The summed E-state index contributed by atoms with van der Waals surface area (Å²) in [4.78, 5) is 13.1. The van der Waals surface area contributed by atoms with Gasteiger partial charge in [-0.3, -0.25) is 9.69 Å². The molecule has 4 atom stereocenters. The van der Waals surface area contributed by atoms with E-state index in [-0.39, 0.29) is 0 Å². The molecule has 0 aromatic heterocycles. The lowest BCUT2D eigenvalue weighted by molar-refractivity contribution is -0.161. The molecule has 0 amide bonds. The molecule has 0 spiro atoms. The predicted molar refractivity (Wildman–Crippen MR) is 58.5 cm³/mol. The first-order valence-corrected chi connectivity index (χ1v) is 5.67. The van der Waals surface area contributed by atoms with Crippen molar-refractivity contribution in [2.24, 2.45) is 0 Å². The minimum Gasteiger partial charge on any atom is -0.394 e. The van der Waals surface area contributed by atoms with Crippen LogP contribution in [0.15, 0.2) is 0 Å². The van der Waals surface area contributed by atoms with E-state index in [0.29, 0.717) is 26.3 Å². The van der Waals surface area contributed by atoms with E-state index in [1.165, 1.54) is 4.90 Å². The second-order valence-corrected chi connectivity index (χ2v) is 4.11. The summed E-state index contributed by atoms with van der Waals surface area (Å²) in [6.45, 7) is 0.597. The van der Waals surface area contributed by atoms with Crippen LogP contribution in [0.5, 0.6) is 0 Å². The Morgan fingerprint density at radius 1 is 1.17 bits per heavy atom. The highest BCUT2D eigenvalue weighted by molar-refractivity contribution is 5.87. The fraction of sp³-hybridized carbons (Fsp3) is 0.900. The first-order valence-electron chi connectivity index (χ1n) is 5.67. The van der Waals surface area contributed by atoms with Gasteiger partial charge in [0.2, 0.25) is 5.78 Å². The average Bonchev–Trinajstić information content (AvgIpc) is 2.44. The third kappa shape index (κ3) is 3.69. The van der Waals surface area contributed by atoms with Crippen LogP contribution in [-0.4, -0.2) is 93.7 Å². The Kier molecular flexibility index (Phi) is 6.09. The van der Waals surface area contributed by atoms with Crippen molar-refractivity contribution in [3.8, 4) is 0 Å². The van der Waals surface area contributed by atoms with Crippen LogP contribution in [0.3, 0.4) is 0 Å². The summed E-state index contributed by atoms with van der Waals surface area (Å²) in [5.74, 6) is -1.02. The van der Waals surface area contributed by atoms with Crippen molar-refractivity contribution >= 4 is 5.78 Å². The van der Waals surface area contributed by atoms with Gasteiger partial charge in [0, 0.05) is 13.1 Å². The number of ketones is 1. The van der Waals surface area contributed by atoms with E-state index >= 15 is 0 Å². The van der Waals surface area contributed by atoms with Crippen LogP contribution >= 0.6 is 0 Å². The molecule has 8 nitrogen and oxygen atoms in total. The number of hydrogen-bond donors (Lipinski definition) is 5. The number of morpholine rings is 1. The maximum Gasteiger partial charge on any atom is 0.207 e. The summed E-state index contributed by atoms with van der Waals surface area (Å²) >= 11 is 0. The molecule has 0 aromatic carbocycles. The van der Waals surface area contributed by atoms with E-state index in [4.69, 9.17) is 14.9 Å². The summed E-state index contributed by atoms with van der Waals surface area (Å²) in [5.41, 5.74) is 0. The van der Waals surface area contributed by atoms with Crippen molar-refractivity contribution in [1.82, 2.24) is 4.90 Å². The number of ether oxygens (including phenoxy) is 1. The van der Waals surface area contributed by atoms with Crippen molar-refractivity contribution in [3.05, 3.63) is 0 Å². The topological polar surface area (TPSA) is 131 Å². The van der Waals surface area contributed by atoms with Gasteiger partial charge in [-0.2, -0.15) is 0 Å². The van der Waals surface area contributed by atoms with Gasteiger partial charge in [0.05, 0.1) is 19.8 Å². The van der Waals surface area contributed by atoms with Gasteiger partial charge < -0.3 is 30.3 Å². The van der Waals surface area contributed by atoms with E-state index < -0.39 is 36.9 Å². The van der Waals surface area contributed by atoms with E-state index in [9.17, 15) is 20.1 Å². The highest BCUT2D eigenvalue weighted by Crippen LogP contribution is 2.09. The molecular weight excluding hydrogens is 246 g/mol. The Morgan fingerprint density at radius 3 is 2.22 bits per heavy atom. The Morgan fingerprint density at radius 2 is 1.72 bits per heavy atom. The van der Waals surface area contributed by atoms with Crippen LogP contribution in [0.4, 0.5) is 0 Å². The second-order valence-electron chi connectivity index (χ2n) is 4.11. The monoisotopic (exact) mass is 265 g/mol. The molecule has 106 valence electrons. The van der Waals surface area contributed by atoms with Crippen LogP contribution in [0.2, 0.25) is 0 Å². The van der Waals surface area contributed by atoms with E-state index in [0.717, 1.165) is 0 Å². The minimum atomic E-state index is -1.95. The quantitative estimate of drug-likeness (QED) is 0.331. The number of carbonyl (C=O) groups excluding carboxylic acids is 1. The maximum atomic E-state index is 11.7. The lowest BCUT2D eigenvalue weighted by Gasteiger charge is -2.32. The Bertz CT molecular complexity index is 259. The van der Waals surface area contributed by atoms with Gasteiger partial charge in [0.25, 0.3) is 0 Å². The number of rotatable bonds is 6. The predicted octanol–water partition coefficient (Wildman–Crippen LogP) is -3.72. The summed E-state index contributed by atoms with van der Waals surface area (Å²) in [6, 6.07) is 0. The molecule has 0 bridgehead atoms. The molecule has 4 unspecified atom stereocenters. The lowest BCUT2D eigenvalue weighted by Crippen LogP contribution is -2.54. The molecule has 1 fully saturated rings. The number of aliphatic hydroxyl groups excluding tert-OH is 5. The zero-order chi connectivity index (χ0) is 13.7. The number of Topliss-reactive ketones (excluding diaryl/α,β-unsaturated/α-hetero) is 1. The molecule has 1 rings (SSSR count). The van der Waals surface area contributed by atoms with Gasteiger partial charge in [-0.25, -0.2) is 0 Å². The van der Waals surface area contributed by atoms with Gasteiger partial charge in [0.1, 0.15) is 18.3 Å². The Hall–Kier alpha value is -0.610. The molecule has 1 aliphatic rings. The SMILES string of the molecule is O=C(C(O)C(O)C(O)CO)C(O)N1CCOCC1. The Balaban J connectivity index is 2.56. The summed E-state index contributed by atoms with van der Waals surface area (Å²) in [7, 11) is 0. The van der Waals surface area contributed by atoms with Crippen molar-refractivity contribution < 1.29 is 35.1 Å². The summed E-state index contributed by atoms with van der Waals surface area (Å²) < 4.78 is 5.04. The van der Waals surface area contributed by atoms with E-state index in [1.54, 1.807) is 0 Å². The van der Waals surface area contributed by atoms with Gasteiger partial charge in [-0.1, -0.05) is 0 Å². The van der Waals surface area contributed by atoms with E-state index in [2.05, 4.69) is 0 Å². The van der Waals surface area contributed by atoms with Crippen LogP contribution < -0.4 is 0 Å². The minimum absolute atomic E-state index is 0.332. The molecule has 0 aromatic rings. The van der Waals surface area contributed by atoms with Crippen LogP contribution in [-0.2, 0) is 9.53 Å². The normalized spacial score (nSPS) is 24.3. The molecule has 1 heterocycles. The molecule has 18 heavy (non-hydrogen) atoms. The molecule has 1 aliphatic heterocycles. The zero-order valence-electron chi connectivity index (χ0n) is 9.84. The van der Waals surface area contributed by atoms with Gasteiger partial charge in [-0.15, -0.1) is 0 Å². The number of aliphatic hydroxyl groups is 5. The van der Waals surface area contributed by atoms with Crippen molar-refractivity contribution in [3.63, 3.8) is 0 Å². The van der Waals surface area contributed by atoms with Gasteiger partial charge >= 0.3 is 0 Å². The molecular formula is C10H19NO7. The first kappa shape index (κ1) is 15.4. The fourth-order valence-electron chi connectivity index (χ4n) is 1.64. The fourth-order valence-corrected chi connectivity index (χ4v) is 1.64. The summed E-state index contributed by atoms with van der Waals surface area (Å²) in [6.07, 6.45) is -6.99. The number of nitrogens with zero attached hydrogens (tertiary/aromatic N) is 1. The molecule has 5 N–H and O–H groups in total. The highest BCUT2D eigenvalue weighted by Gasteiger charge is 2.36. The smallest absolute Gasteiger partial charge is 0.207 e. The molecule has 1 saturated heterocycles. The van der Waals surface area contributed by atoms with Crippen LogP contribution in [0.25, 0.3) is 0 Å². The highest BCUT2D eigenvalue weighted by atomic mass is 16.5. The van der Waals surface area contributed by atoms with E-state index in [1.807, 2.05) is 0 Å².